The molecule has 1 heterocycles. The van der Waals surface area contributed by atoms with E-state index in [0.717, 1.165) is 16.2 Å². The third kappa shape index (κ3) is 4.58. The number of thioether (sulfide) groups is 1. The van der Waals surface area contributed by atoms with Crippen molar-refractivity contribution in [3.05, 3.63) is 57.5 Å². The van der Waals surface area contributed by atoms with Gasteiger partial charge in [-0.1, -0.05) is 45.9 Å². The Hall–Kier alpha value is -2.15. The zero-order valence-electron chi connectivity index (χ0n) is 13.7. The maximum atomic E-state index is 12.8. The zero-order chi connectivity index (χ0) is 19.4. The first-order valence-corrected chi connectivity index (χ1v) is 10.2. The summed E-state index contributed by atoms with van der Waals surface area (Å²) in [7, 11) is 0. The molecule has 0 bridgehead atoms. The normalized spacial score (nSPS) is 17.1. The largest absolute Gasteiger partial charge is 0.274 e. The summed E-state index contributed by atoms with van der Waals surface area (Å²) in [5.74, 6) is -0.634. The van der Waals surface area contributed by atoms with Gasteiger partial charge in [0.25, 0.3) is 0 Å². The number of anilines is 1. The van der Waals surface area contributed by atoms with Gasteiger partial charge in [-0.15, -0.1) is 0 Å². The number of amides is 2. The van der Waals surface area contributed by atoms with Crippen molar-refractivity contribution in [3.63, 3.8) is 0 Å². The van der Waals surface area contributed by atoms with Crippen molar-refractivity contribution in [1.29, 1.82) is 5.26 Å². The van der Waals surface area contributed by atoms with Crippen molar-refractivity contribution >= 4 is 72.0 Å². The van der Waals surface area contributed by atoms with Gasteiger partial charge in [-0.2, -0.15) is 5.26 Å². The Morgan fingerprint density at radius 3 is 2.63 bits per heavy atom. The van der Waals surface area contributed by atoms with Gasteiger partial charge in [0.15, 0.2) is 11.4 Å². The molecule has 1 N–H and O–H groups in total. The van der Waals surface area contributed by atoms with Crippen molar-refractivity contribution in [3.8, 4) is 6.19 Å². The number of carbonyl (C=O) groups excluding carboxylic acids is 2. The number of imide groups is 1. The molecule has 2 aromatic carbocycles. The van der Waals surface area contributed by atoms with Crippen molar-refractivity contribution in [2.24, 2.45) is 4.99 Å². The van der Waals surface area contributed by atoms with Gasteiger partial charge < -0.3 is 0 Å². The average molecular weight is 508 g/mol. The van der Waals surface area contributed by atoms with Gasteiger partial charge in [-0.05, 0) is 46.3 Å². The lowest BCUT2D eigenvalue weighted by atomic mass is 10.3. The van der Waals surface area contributed by atoms with Crippen molar-refractivity contribution in [2.45, 2.75) is 11.7 Å². The van der Waals surface area contributed by atoms with E-state index < -0.39 is 5.25 Å². The van der Waals surface area contributed by atoms with Gasteiger partial charge in [-0.25, -0.2) is 9.89 Å². The summed E-state index contributed by atoms with van der Waals surface area (Å²) in [5.41, 5.74) is 1.14. The van der Waals surface area contributed by atoms with Crippen LogP contribution in [0.15, 0.2) is 62.5 Å². The van der Waals surface area contributed by atoms with Crippen LogP contribution in [-0.2, 0) is 9.59 Å². The fraction of sp³-hybridized carbons (Fsp3) is 0.111. The number of nitrogens with one attached hydrogen (secondary N) is 1. The maximum Gasteiger partial charge on any atom is 0.247 e. The second kappa shape index (κ2) is 8.69. The monoisotopic (exact) mass is 506 g/mol. The minimum absolute atomic E-state index is 0.0346. The van der Waals surface area contributed by atoms with Gasteiger partial charge in [0, 0.05) is 15.4 Å². The number of rotatable bonds is 3. The predicted molar refractivity (Wildman–Crippen MR) is 113 cm³/mol. The molecule has 3 rings (SSSR count). The van der Waals surface area contributed by atoms with Gasteiger partial charge in [0.2, 0.25) is 11.8 Å². The number of carbonyl (C=O) groups is 2. The topological polar surface area (TPSA) is 85.6 Å². The number of amidine groups is 1. The Morgan fingerprint density at radius 2 is 1.96 bits per heavy atom. The van der Waals surface area contributed by atoms with E-state index in [4.69, 9.17) is 5.26 Å². The molecule has 2 aromatic rings. The van der Waals surface area contributed by atoms with E-state index >= 15 is 0 Å². The van der Waals surface area contributed by atoms with Crippen LogP contribution < -0.4 is 10.2 Å². The number of para-hydroxylation sites is 1. The number of halogens is 2. The molecule has 27 heavy (non-hydrogen) atoms. The van der Waals surface area contributed by atoms with E-state index in [2.05, 4.69) is 42.2 Å². The van der Waals surface area contributed by atoms with E-state index in [9.17, 15) is 9.59 Å². The van der Waals surface area contributed by atoms with Crippen LogP contribution in [0, 0.1) is 11.5 Å². The predicted octanol–water partition coefficient (Wildman–Crippen LogP) is 4.34. The minimum Gasteiger partial charge on any atom is -0.274 e. The number of hydrogen-bond acceptors (Lipinski definition) is 5. The molecule has 0 aromatic heterocycles. The highest BCUT2D eigenvalue weighted by atomic mass is 79.9. The zero-order valence-corrected chi connectivity index (χ0v) is 17.7. The highest BCUT2D eigenvalue weighted by molar-refractivity contribution is 9.11. The van der Waals surface area contributed by atoms with Crippen molar-refractivity contribution in [1.82, 2.24) is 5.32 Å². The van der Waals surface area contributed by atoms with E-state index in [1.165, 1.54) is 4.90 Å². The van der Waals surface area contributed by atoms with Crippen LogP contribution in [0.25, 0.3) is 0 Å². The highest BCUT2D eigenvalue weighted by Crippen LogP contribution is 2.35. The lowest BCUT2D eigenvalue weighted by Gasteiger charge is -2.17. The SMILES string of the molecule is N#CNC(=Nc1ccccc1)S[C@H]1CC(=O)N(c2ccc(Br)cc2Br)C1=O. The third-order valence-corrected chi connectivity index (χ3v) is 5.86. The van der Waals surface area contributed by atoms with E-state index in [0.29, 0.717) is 15.8 Å². The average Bonchev–Trinajstić information content (AvgIpc) is 2.90. The summed E-state index contributed by atoms with van der Waals surface area (Å²) in [6, 6.07) is 14.3. The Morgan fingerprint density at radius 1 is 1.22 bits per heavy atom. The molecule has 1 atom stereocenters. The van der Waals surface area contributed by atoms with Crippen LogP contribution in [0.2, 0.25) is 0 Å². The first-order chi connectivity index (χ1) is 13.0. The number of nitrogens with zero attached hydrogens (tertiary/aromatic N) is 3. The molecular weight excluding hydrogens is 496 g/mol. The summed E-state index contributed by atoms with van der Waals surface area (Å²) in [6.45, 7) is 0. The third-order valence-electron chi connectivity index (χ3n) is 3.66. The van der Waals surface area contributed by atoms with Crippen LogP contribution in [-0.4, -0.2) is 22.2 Å². The number of hydrogen-bond donors (Lipinski definition) is 1. The Balaban J connectivity index is 1.83. The quantitative estimate of drug-likeness (QED) is 0.219. The van der Waals surface area contributed by atoms with Crippen molar-refractivity contribution < 1.29 is 9.59 Å². The lowest BCUT2D eigenvalue weighted by molar-refractivity contribution is -0.121. The molecule has 2 amide bonds. The second-order valence-corrected chi connectivity index (χ2v) is 8.42. The molecule has 1 aliphatic rings. The summed E-state index contributed by atoms with van der Waals surface area (Å²) in [6.07, 6.45) is 1.86. The molecule has 136 valence electrons. The molecule has 0 aliphatic carbocycles. The number of aliphatic imine (C=N–C) groups is 1. The van der Waals surface area contributed by atoms with Crippen LogP contribution in [0.3, 0.4) is 0 Å². The maximum absolute atomic E-state index is 12.8. The molecule has 0 saturated carbocycles. The molecular formula is C18H12Br2N4O2S. The van der Waals surface area contributed by atoms with Crippen LogP contribution in [0.1, 0.15) is 6.42 Å². The second-order valence-electron chi connectivity index (χ2n) is 5.46. The lowest BCUT2D eigenvalue weighted by Crippen LogP contribution is -2.32. The van der Waals surface area contributed by atoms with Crippen LogP contribution >= 0.6 is 43.6 Å². The Labute approximate surface area is 176 Å². The van der Waals surface area contributed by atoms with E-state index in [1.54, 1.807) is 30.3 Å². The van der Waals surface area contributed by atoms with Gasteiger partial charge >= 0.3 is 0 Å². The fourth-order valence-electron chi connectivity index (χ4n) is 2.50. The molecule has 9 heteroatoms. The van der Waals surface area contributed by atoms with Crippen molar-refractivity contribution in [2.75, 3.05) is 4.90 Å². The summed E-state index contributed by atoms with van der Waals surface area (Å²) in [5, 5.41) is 11.1. The van der Waals surface area contributed by atoms with E-state index in [-0.39, 0.29) is 23.4 Å². The minimum atomic E-state index is -0.656. The van der Waals surface area contributed by atoms with Gasteiger partial charge in [-0.3, -0.25) is 14.9 Å². The summed E-state index contributed by atoms with van der Waals surface area (Å²) in [4.78, 5) is 30.8. The van der Waals surface area contributed by atoms with Gasteiger partial charge in [0.05, 0.1) is 11.4 Å². The molecule has 1 fully saturated rings. The molecule has 1 saturated heterocycles. The summed E-state index contributed by atoms with van der Waals surface area (Å²) >= 11 is 7.81. The Bertz CT molecular complexity index is 960. The Kier molecular flexibility index (Phi) is 6.31. The fourth-order valence-corrected chi connectivity index (χ4v) is 4.69. The smallest absolute Gasteiger partial charge is 0.247 e. The molecule has 1 aliphatic heterocycles. The van der Waals surface area contributed by atoms with Crippen LogP contribution in [0.4, 0.5) is 11.4 Å². The highest BCUT2D eigenvalue weighted by Gasteiger charge is 2.41. The standard InChI is InChI=1S/C18H12Br2N4O2S/c19-11-6-7-14(13(20)8-11)24-16(25)9-15(17(24)26)27-18(22-10-21)23-12-4-2-1-3-5-12/h1-8,15H,9H2,(H,22,23)/t15-/m0/s1. The molecule has 0 spiro atoms. The van der Waals surface area contributed by atoms with Crippen LogP contribution in [0.5, 0.6) is 0 Å². The van der Waals surface area contributed by atoms with Gasteiger partial charge in [0.1, 0.15) is 5.25 Å². The molecule has 0 unspecified atom stereocenters. The first-order valence-electron chi connectivity index (χ1n) is 7.77. The number of benzene rings is 2. The molecule has 0 radical (unpaired) electrons. The molecule has 6 nitrogen and oxygen atoms in total. The summed E-state index contributed by atoms with van der Waals surface area (Å²) < 4.78 is 1.47. The number of nitriles is 1. The van der Waals surface area contributed by atoms with E-state index in [1.807, 2.05) is 24.4 Å². The first kappa shape index (κ1) is 19.6.